The lowest BCUT2D eigenvalue weighted by molar-refractivity contribution is 0.0781. The van der Waals surface area contributed by atoms with E-state index in [1.165, 1.54) is 0 Å². The van der Waals surface area contributed by atoms with Gasteiger partial charge in [0.2, 0.25) is 5.88 Å². The largest absolute Gasteiger partial charge is 0.437 e. The van der Waals surface area contributed by atoms with Gasteiger partial charge in [0.1, 0.15) is 11.4 Å². The van der Waals surface area contributed by atoms with E-state index in [9.17, 15) is 5.11 Å². The molecule has 7 heteroatoms. The standard InChI is InChI=1S/C22H23ClN4O2/c1-15-3-2-4-16(13-15)21-24-22(29-19-7-5-17(23)6-8-19)20(25-26-21)14-27-11-9-18(28)10-12-27/h2-8,13,18,28H,9-12,14H2,1H3. The van der Waals surface area contributed by atoms with Crippen LogP contribution >= 0.6 is 11.6 Å². The summed E-state index contributed by atoms with van der Waals surface area (Å²) in [7, 11) is 0. The number of benzene rings is 2. The molecule has 1 N–H and O–H groups in total. The molecule has 0 spiro atoms. The number of ether oxygens (including phenoxy) is 1. The average molecular weight is 411 g/mol. The maximum absolute atomic E-state index is 9.75. The third-order valence-corrected chi connectivity index (χ3v) is 5.21. The summed E-state index contributed by atoms with van der Waals surface area (Å²) >= 11 is 5.99. The normalized spacial score (nSPS) is 15.4. The molecule has 1 aromatic heterocycles. The van der Waals surface area contributed by atoms with Crippen molar-refractivity contribution >= 4 is 11.6 Å². The van der Waals surface area contributed by atoms with Crippen LogP contribution in [0.3, 0.4) is 0 Å². The van der Waals surface area contributed by atoms with Crippen molar-refractivity contribution in [1.82, 2.24) is 20.1 Å². The van der Waals surface area contributed by atoms with Gasteiger partial charge in [0.15, 0.2) is 5.82 Å². The lowest BCUT2D eigenvalue weighted by atomic mass is 10.1. The molecular weight excluding hydrogens is 388 g/mol. The Morgan fingerprint density at radius 1 is 1.10 bits per heavy atom. The molecule has 0 atom stereocenters. The fourth-order valence-corrected chi connectivity index (χ4v) is 3.45. The number of halogens is 1. The van der Waals surface area contributed by atoms with E-state index in [-0.39, 0.29) is 6.10 Å². The van der Waals surface area contributed by atoms with Gasteiger partial charge in [-0.05, 0) is 50.1 Å². The smallest absolute Gasteiger partial charge is 0.246 e. The second kappa shape index (κ2) is 8.86. The first-order chi connectivity index (χ1) is 14.1. The number of aryl methyl sites for hydroxylation is 1. The number of rotatable bonds is 5. The molecule has 4 rings (SSSR count). The van der Waals surface area contributed by atoms with E-state index >= 15 is 0 Å². The number of aromatic nitrogens is 3. The minimum absolute atomic E-state index is 0.219. The van der Waals surface area contributed by atoms with Crippen LogP contribution < -0.4 is 4.74 Å². The molecular formula is C22H23ClN4O2. The third kappa shape index (κ3) is 5.09. The lowest BCUT2D eigenvalue weighted by Gasteiger charge is -2.29. The van der Waals surface area contributed by atoms with Crippen molar-refractivity contribution in [2.24, 2.45) is 0 Å². The maximum atomic E-state index is 9.75. The van der Waals surface area contributed by atoms with Crippen molar-refractivity contribution < 1.29 is 9.84 Å². The Morgan fingerprint density at radius 2 is 1.86 bits per heavy atom. The maximum Gasteiger partial charge on any atom is 0.246 e. The summed E-state index contributed by atoms with van der Waals surface area (Å²) in [5.41, 5.74) is 2.70. The number of nitrogens with zero attached hydrogens (tertiary/aromatic N) is 4. The lowest BCUT2D eigenvalue weighted by Crippen LogP contribution is -2.35. The number of hydrogen-bond donors (Lipinski definition) is 1. The average Bonchev–Trinajstić information content (AvgIpc) is 2.72. The van der Waals surface area contributed by atoms with Crippen molar-refractivity contribution in [2.75, 3.05) is 13.1 Å². The quantitative estimate of drug-likeness (QED) is 0.678. The Bertz CT molecular complexity index is 973. The van der Waals surface area contributed by atoms with Crippen molar-refractivity contribution in [3.05, 3.63) is 64.8 Å². The number of aliphatic hydroxyl groups excluding tert-OH is 1. The van der Waals surface area contributed by atoms with E-state index < -0.39 is 0 Å². The highest BCUT2D eigenvalue weighted by Gasteiger charge is 2.21. The Hall–Kier alpha value is -2.54. The van der Waals surface area contributed by atoms with E-state index in [1.807, 2.05) is 31.2 Å². The van der Waals surface area contributed by atoms with Crippen molar-refractivity contribution in [2.45, 2.75) is 32.4 Å². The van der Waals surface area contributed by atoms with E-state index in [0.717, 1.165) is 37.1 Å². The molecule has 29 heavy (non-hydrogen) atoms. The first kappa shape index (κ1) is 19.8. The molecule has 6 nitrogen and oxygen atoms in total. The molecule has 3 aromatic rings. The molecule has 0 bridgehead atoms. The summed E-state index contributed by atoms with van der Waals surface area (Å²) in [5, 5.41) is 19.2. The first-order valence-electron chi connectivity index (χ1n) is 9.71. The molecule has 0 amide bonds. The van der Waals surface area contributed by atoms with E-state index in [4.69, 9.17) is 16.3 Å². The monoisotopic (exact) mass is 410 g/mol. The van der Waals surface area contributed by atoms with Gasteiger partial charge in [0.05, 0.1) is 6.10 Å². The number of piperidine rings is 1. The summed E-state index contributed by atoms with van der Waals surface area (Å²) < 4.78 is 6.07. The molecule has 0 saturated carbocycles. The highest BCUT2D eigenvalue weighted by molar-refractivity contribution is 6.30. The highest BCUT2D eigenvalue weighted by atomic mass is 35.5. The summed E-state index contributed by atoms with van der Waals surface area (Å²) in [6, 6.07) is 15.1. The van der Waals surface area contributed by atoms with Crippen LogP contribution in [0.15, 0.2) is 48.5 Å². The second-order valence-corrected chi connectivity index (χ2v) is 7.76. The first-order valence-corrected chi connectivity index (χ1v) is 10.1. The van der Waals surface area contributed by atoms with Crippen LogP contribution in [-0.2, 0) is 6.54 Å². The Balaban J connectivity index is 1.64. The zero-order valence-corrected chi connectivity index (χ0v) is 17.0. The molecule has 1 aliphatic heterocycles. The van der Waals surface area contributed by atoms with Crippen molar-refractivity contribution in [3.63, 3.8) is 0 Å². The molecule has 0 radical (unpaired) electrons. The summed E-state index contributed by atoms with van der Waals surface area (Å²) in [5.74, 6) is 1.60. The van der Waals surface area contributed by atoms with E-state index in [0.29, 0.717) is 34.7 Å². The number of aliphatic hydroxyl groups is 1. The van der Waals surface area contributed by atoms with Crippen LogP contribution in [0.5, 0.6) is 11.6 Å². The zero-order chi connectivity index (χ0) is 20.2. The van der Waals surface area contributed by atoms with E-state index in [1.54, 1.807) is 24.3 Å². The molecule has 150 valence electrons. The van der Waals surface area contributed by atoms with E-state index in [2.05, 4.69) is 20.1 Å². The topological polar surface area (TPSA) is 71.4 Å². The van der Waals surface area contributed by atoms with Crippen LogP contribution in [0.25, 0.3) is 11.4 Å². The zero-order valence-electron chi connectivity index (χ0n) is 16.3. The van der Waals surface area contributed by atoms with Crippen LogP contribution in [-0.4, -0.2) is 44.4 Å². The highest BCUT2D eigenvalue weighted by Crippen LogP contribution is 2.27. The second-order valence-electron chi connectivity index (χ2n) is 7.32. The summed E-state index contributed by atoms with van der Waals surface area (Å²) in [6.07, 6.45) is 1.30. The number of likely N-dealkylation sites (tertiary alicyclic amines) is 1. The fourth-order valence-electron chi connectivity index (χ4n) is 3.32. The molecule has 0 unspecified atom stereocenters. The molecule has 2 heterocycles. The number of hydrogen-bond acceptors (Lipinski definition) is 6. The van der Waals surface area contributed by atoms with Gasteiger partial charge in [-0.25, -0.2) is 0 Å². The fraction of sp³-hybridized carbons (Fsp3) is 0.318. The van der Waals surface area contributed by atoms with Gasteiger partial charge in [0.25, 0.3) is 0 Å². The molecule has 1 fully saturated rings. The minimum Gasteiger partial charge on any atom is -0.437 e. The van der Waals surface area contributed by atoms with Crippen LogP contribution in [0.2, 0.25) is 5.02 Å². The van der Waals surface area contributed by atoms with Crippen LogP contribution in [0.4, 0.5) is 0 Å². The Morgan fingerprint density at radius 3 is 2.59 bits per heavy atom. The van der Waals surface area contributed by atoms with Gasteiger partial charge in [-0.15, -0.1) is 10.2 Å². The van der Waals surface area contributed by atoms with Crippen LogP contribution in [0.1, 0.15) is 24.1 Å². The van der Waals surface area contributed by atoms with Gasteiger partial charge in [-0.1, -0.05) is 35.4 Å². The predicted molar refractivity (Wildman–Crippen MR) is 112 cm³/mol. The molecule has 1 aliphatic rings. The Labute approximate surface area is 175 Å². The minimum atomic E-state index is -0.219. The third-order valence-electron chi connectivity index (χ3n) is 4.95. The molecule has 1 saturated heterocycles. The molecule has 0 aliphatic carbocycles. The summed E-state index contributed by atoms with van der Waals surface area (Å²) in [4.78, 5) is 6.91. The summed E-state index contributed by atoms with van der Waals surface area (Å²) in [6.45, 7) is 4.22. The molecule has 2 aromatic carbocycles. The van der Waals surface area contributed by atoms with Crippen molar-refractivity contribution in [3.8, 4) is 23.0 Å². The van der Waals surface area contributed by atoms with Gasteiger partial charge in [-0.2, -0.15) is 4.98 Å². The SMILES string of the molecule is Cc1cccc(-c2nnc(CN3CCC(O)CC3)c(Oc3ccc(Cl)cc3)n2)c1. The van der Waals surface area contributed by atoms with Crippen LogP contribution in [0, 0.1) is 6.92 Å². The van der Waals surface area contributed by atoms with Gasteiger partial charge >= 0.3 is 0 Å². The van der Waals surface area contributed by atoms with Crippen molar-refractivity contribution in [1.29, 1.82) is 0 Å². The predicted octanol–water partition coefficient (Wildman–Crippen LogP) is 4.25. The van der Waals surface area contributed by atoms with Gasteiger partial charge < -0.3 is 9.84 Å². The van der Waals surface area contributed by atoms with Gasteiger partial charge in [0, 0.05) is 30.2 Å². The van der Waals surface area contributed by atoms with Gasteiger partial charge in [-0.3, -0.25) is 4.90 Å². The Kier molecular flexibility index (Phi) is 6.04.